The number of carbonyl (C=O) groups is 1. The number of hydrogen-bond donors (Lipinski definition) is 2. The van der Waals surface area contributed by atoms with Crippen molar-refractivity contribution in [2.24, 2.45) is 0 Å². The third-order valence-electron chi connectivity index (χ3n) is 3.35. The van der Waals surface area contributed by atoms with Gasteiger partial charge in [-0.15, -0.1) is 11.8 Å². The molecule has 0 aliphatic carbocycles. The SMILES string of the molecule is COCCNS(=O)(=O)c1cccc(C(=O)Nc2ccc(SC)cc2)c1. The van der Waals surface area contributed by atoms with Crippen molar-refractivity contribution in [3.63, 3.8) is 0 Å². The summed E-state index contributed by atoms with van der Waals surface area (Å²) in [4.78, 5) is 13.5. The minimum atomic E-state index is -3.68. The average Bonchev–Trinajstić information content (AvgIpc) is 2.62. The van der Waals surface area contributed by atoms with Gasteiger partial charge in [-0.25, -0.2) is 13.1 Å². The number of benzene rings is 2. The summed E-state index contributed by atoms with van der Waals surface area (Å²) in [6.07, 6.45) is 1.97. The molecule has 2 rings (SSSR count). The fourth-order valence-electron chi connectivity index (χ4n) is 2.04. The van der Waals surface area contributed by atoms with Gasteiger partial charge in [0.25, 0.3) is 5.91 Å². The molecule has 0 radical (unpaired) electrons. The summed E-state index contributed by atoms with van der Waals surface area (Å²) in [6.45, 7) is 0.433. The smallest absolute Gasteiger partial charge is 0.255 e. The molecule has 0 unspecified atom stereocenters. The van der Waals surface area contributed by atoms with Crippen LogP contribution in [0.1, 0.15) is 10.4 Å². The second-order valence-electron chi connectivity index (χ2n) is 5.10. The highest BCUT2D eigenvalue weighted by Crippen LogP contribution is 2.18. The van der Waals surface area contributed by atoms with Crippen LogP contribution in [0.25, 0.3) is 0 Å². The first kappa shape index (κ1) is 19.5. The van der Waals surface area contributed by atoms with Crippen LogP contribution in [-0.4, -0.2) is 40.8 Å². The van der Waals surface area contributed by atoms with Crippen molar-refractivity contribution in [1.29, 1.82) is 0 Å². The molecule has 0 fully saturated rings. The summed E-state index contributed by atoms with van der Waals surface area (Å²) in [7, 11) is -2.19. The molecule has 0 atom stereocenters. The molecule has 0 aromatic heterocycles. The van der Waals surface area contributed by atoms with Crippen LogP contribution in [0, 0.1) is 0 Å². The Morgan fingerprint density at radius 1 is 1.16 bits per heavy atom. The first-order valence-electron chi connectivity index (χ1n) is 7.50. The molecule has 0 saturated carbocycles. The van der Waals surface area contributed by atoms with E-state index < -0.39 is 10.0 Å². The second kappa shape index (κ2) is 9.00. The lowest BCUT2D eigenvalue weighted by molar-refractivity contribution is 0.102. The van der Waals surface area contributed by atoms with Crippen LogP contribution in [0.4, 0.5) is 5.69 Å². The Bertz CT molecular complexity index is 821. The number of ether oxygens (including phenoxy) is 1. The zero-order chi connectivity index (χ0) is 18.3. The van der Waals surface area contributed by atoms with Crippen molar-refractivity contribution in [3.8, 4) is 0 Å². The largest absolute Gasteiger partial charge is 0.383 e. The Balaban J connectivity index is 2.12. The number of thioether (sulfide) groups is 1. The summed E-state index contributed by atoms with van der Waals surface area (Å²) in [5, 5.41) is 2.76. The molecule has 0 saturated heterocycles. The summed E-state index contributed by atoms with van der Waals surface area (Å²) >= 11 is 1.61. The number of nitrogens with one attached hydrogen (secondary N) is 2. The van der Waals surface area contributed by atoms with E-state index in [2.05, 4.69) is 10.0 Å². The highest BCUT2D eigenvalue weighted by molar-refractivity contribution is 7.98. The standard InChI is InChI=1S/C17H20N2O4S2/c1-23-11-10-18-25(21,22)16-5-3-4-13(12-16)17(20)19-14-6-8-15(24-2)9-7-14/h3-9,12,18H,10-11H2,1-2H3,(H,19,20). The minimum absolute atomic E-state index is 0.0361. The van der Waals surface area contributed by atoms with Gasteiger partial charge in [-0.3, -0.25) is 4.79 Å². The van der Waals surface area contributed by atoms with Crippen molar-refractivity contribution < 1.29 is 17.9 Å². The Hall–Kier alpha value is -1.87. The van der Waals surface area contributed by atoms with Crippen LogP contribution >= 0.6 is 11.8 Å². The van der Waals surface area contributed by atoms with Crippen LogP contribution in [-0.2, 0) is 14.8 Å². The number of carbonyl (C=O) groups excluding carboxylic acids is 1. The molecule has 6 nitrogen and oxygen atoms in total. The van der Waals surface area contributed by atoms with E-state index in [4.69, 9.17) is 4.74 Å². The summed E-state index contributed by atoms with van der Waals surface area (Å²) in [5.41, 5.74) is 0.915. The number of methoxy groups -OCH3 is 1. The maximum Gasteiger partial charge on any atom is 0.255 e. The Morgan fingerprint density at radius 2 is 1.88 bits per heavy atom. The van der Waals surface area contributed by atoms with E-state index in [0.29, 0.717) is 5.69 Å². The maximum atomic E-state index is 12.4. The number of hydrogen-bond acceptors (Lipinski definition) is 5. The van der Waals surface area contributed by atoms with E-state index in [1.807, 2.05) is 18.4 Å². The Morgan fingerprint density at radius 3 is 2.52 bits per heavy atom. The van der Waals surface area contributed by atoms with Gasteiger partial charge in [0.1, 0.15) is 0 Å². The van der Waals surface area contributed by atoms with E-state index in [1.54, 1.807) is 30.0 Å². The van der Waals surface area contributed by atoms with Crippen LogP contribution in [0.3, 0.4) is 0 Å². The van der Waals surface area contributed by atoms with Crippen LogP contribution in [0.5, 0.6) is 0 Å². The van der Waals surface area contributed by atoms with Gasteiger partial charge >= 0.3 is 0 Å². The normalized spacial score (nSPS) is 11.3. The maximum absolute atomic E-state index is 12.4. The molecule has 0 heterocycles. The van der Waals surface area contributed by atoms with Crippen molar-refractivity contribution in [3.05, 3.63) is 54.1 Å². The van der Waals surface area contributed by atoms with E-state index in [1.165, 1.54) is 25.3 Å². The molecule has 134 valence electrons. The zero-order valence-corrected chi connectivity index (χ0v) is 15.6. The minimum Gasteiger partial charge on any atom is -0.383 e. The van der Waals surface area contributed by atoms with Gasteiger partial charge < -0.3 is 10.1 Å². The molecular weight excluding hydrogens is 360 g/mol. The molecule has 2 N–H and O–H groups in total. The van der Waals surface area contributed by atoms with Crippen molar-refractivity contribution in [2.75, 3.05) is 31.8 Å². The van der Waals surface area contributed by atoms with E-state index in [0.717, 1.165) is 4.90 Å². The monoisotopic (exact) mass is 380 g/mol. The molecule has 2 aromatic carbocycles. The fraction of sp³-hybridized carbons (Fsp3) is 0.235. The predicted octanol–water partition coefficient (Wildman–Crippen LogP) is 2.59. The van der Waals surface area contributed by atoms with Gasteiger partial charge in [0.05, 0.1) is 11.5 Å². The summed E-state index contributed by atoms with van der Waals surface area (Å²) < 4.78 is 31.7. The molecule has 1 amide bonds. The average molecular weight is 380 g/mol. The third kappa shape index (κ3) is 5.57. The molecule has 0 aliphatic rings. The van der Waals surface area contributed by atoms with E-state index in [-0.39, 0.29) is 29.5 Å². The quantitative estimate of drug-likeness (QED) is 0.543. The number of rotatable bonds is 8. The number of anilines is 1. The molecule has 8 heteroatoms. The molecule has 0 aliphatic heterocycles. The second-order valence-corrected chi connectivity index (χ2v) is 7.75. The lowest BCUT2D eigenvalue weighted by atomic mass is 10.2. The number of sulfonamides is 1. The van der Waals surface area contributed by atoms with Gasteiger partial charge in [0.2, 0.25) is 10.0 Å². The fourth-order valence-corrected chi connectivity index (χ4v) is 3.51. The van der Waals surface area contributed by atoms with Crippen molar-refractivity contribution in [2.45, 2.75) is 9.79 Å². The molecular formula is C17H20N2O4S2. The zero-order valence-electron chi connectivity index (χ0n) is 14.0. The van der Waals surface area contributed by atoms with Crippen LogP contribution in [0.15, 0.2) is 58.3 Å². The molecule has 0 spiro atoms. The van der Waals surface area contributed by atoms with Gasteiger partial charge in [0.15, 0.2) is 0 Å². The summed E-state index contributed by atoms with van der Waals surface area (Å²) in [5.74, 6) is -0.370. The first-order chi connectivity index (χ1) is 12.0. The van der Waals surface area contributed by atoms with E-state index in [9.17, 15) is 13.2 Å². The summed E-state index contributed by atoms with van der Waals surface area (Å²) in [6, 6.07) is 13.3. The molecule has 25 heavy (non-hydrogen) atoms. The highest BCUT2D eigenvalue weighted by Gasteiger charge is 2.16. The van der Waals surface area contributed by atoms with Gasteiger partial charge in [-0.2, -0.15) is 0 Å². The molecule has 2 aromatic rings. The first-order valence-corrected chi connectivity index (χ1v) is 10.2. The van der Waals surface area contributed by atoms with E-state index >= 15 is 0 Å². The lowest BCUT2D eigenvalue weighted by Crippen LogP contribution is -2.27. The van der Waals surface area contributed by atoms with Crippen LogP contribution in [0.2, 0.25) is 0 Å². The Kier molecular flexibility index (Phi) is 7.01. The highest BCUT2D eigenvalue weighted by atomic mass is 32.2. The third-order valence-corrected chi connectivity index (χ3v) is 5.55. The molecule has 0 bridgehead atoms. The van der Waals surface area contributed by atoms with Gasteiger partial charge in [0, 0.05) is 29.8 Å². The van der Waals surface area contributed by atoms with Crippen molar-refractivity contribution in [1.82, 2.24) is 4.72 Å². The number of amides is 1. The topological polar surface area (TPSA) is 84.5 Å². The van der Waals surface area contributed by atoms with Gasteiger partial charge in [-0.1, -0.05) is 6.07 Å². The Labute approximate surface area is 152 Å². The van der Waals surface area contributed by atoms with Crippen LogP contribution < -0.4 is 10.0 Å². The van der Waals surface area contributed by atoms with Gasteiger partial charge in [-0.05, 0) is 48.7 Å². The van der Waals surface area contributed by atoms with Crippen molar-refractivity contribution >= 4 is 33.4 Å². The predicted molar refractivity (Wildman–Crippen MR) is 99.7 cm³/mol. The lowest BCUT2D eigenvalue weighted by Gasteiger charge is -2.09.